The van der Waals surface area contributed by atoms with Gasteiger partial charge in [-0.1, -0.05) is 28.9 Å². The smallest absolute Gasteiger partial charge is 0.291 e. The van der Waals surface area contributed by atoms with Gasteiger partial charge in [0, 0.05) is 11.6 Å². The highest BCUT2D eigenvalue weighted by Gasteiger charge is 2.22. The largest absolute Gasteiger partial charge is 0.495 e. The van der Waals surface area contributed by atoms with E-state index in [0.717, 1.165) is 6.07 Å². The number of halogens is 1. The highest BCUT2D eigenvalue weighted by molar-refractivity contribution is 7.92. The molecular formula is C19H17ClN4O6S. The third kappa shape index (κ3) is 5.13. The van der Waals surface area contributed by atoms with Crippen molar-refractivity contribution in [3.8, 4) is 5.75 Å². The number of nitrogens with zero attached hydrogens (tertiary/aromatic N) is 1. The molecule has 0 saturated carbocycles. The Kier molecular flexibility index (Phi) is 6.47. The number of sulfonamides is 1. The zero-order chi connectivity index (χ0) is 22.6. The van der Waals surface area contributed by atoms with Gasteiger partial charge in [0.15, 0.2) is 5.69 Å². The summed E-state index contributed by atoms with van der Waals surface area (Å²) >= 11 is 6.06. The number of nitrogens with one attached hydrogen (secondary N) is 3. The van der Waals surface area contributed by atoms with Crippen LogP contribution in [0.2, 0.25) is 5.02 Å². The lowest BCUT2D eigenvalue weighted by Gasteiger charge is -2.13. The molecule has 0 saturated heterocycles. The van der Waals surface area contributed by atoms with Crippen molar-refractivity contribution in [1.29, 1.82) is 0 Å². The Labute approximate surface area is 182 Å². The quantitative estimate of drug-likeness (QED) is 0.476. The van der Waals surface area contributed by atoms with Crippen molar-refractivity contribution >= 4 is 39.1 Å². The Balaban J connectivity index is 1.78. The highest BCUT2D eigenvalue weighted by Crippen LogP contribution is 2.29. The van der Waals surface area contributed by atoms with Gasteiger partial charge in [-0.15, -0.1) is 0 Å². The maximum atomic E-state index is 12.8. The molecule has 0 aliphatic carbocycles. The van der Waals surface area contributed by atoms with Gasteiger partial charge in [-0.2, -0.15) is 0 Å². The second-order valence-electron chi connectivity index (χ2n) is 6.18. The molecule has 0 spiro atoms. The summed E-state index contributed by atoms with van der Waals surface area (Å²) in [4.78, 5) is 24.0. The van der Waals surface area contributed by atoms with Crippen molar-refractivity contribution in [2.45, 2.75) is 11.8 Å². The molecule has 0 bridgehead atoms. The van der Waals surface area contributed by atoms with Crippen LogP contribution in [0.15, 0.2) is 57.9 Å². The first-order chi connectivity index (χ1) is 14.7. The van der Waals surface area contributed by atoms with E-state index < -0.39 is 21.8 Å². The van der Waals surface area contributed by atoms with Crippen LogP contribution in [0.4, 0.5) is 5.69 Å². The molecule has 0 fully saturated rings. The van der Waals surface area contributed by atoms with Gasteiger partial charge >= 0.3 is 0 Å². The topological polar surface area (TPSA) is 140 Å². The molecule has 12 heteroatoms. The van der Waals surface area contributed by atoms with Crippen LogP contribution in [0.25, 0.3) is 0 Å². The maximum Gasteiger partial charge on any atom is 0.291 e. The molecule has 3 N–H and O–H groups in total. The van der Waals surface area contributed by atoms with Crippen molar-refractivity contribution in [3.63, 3.8) is 0 Å². The number of amides is 2. The average molecular weight is 465 g/mol. The minimum Gasteiger partial charge on any atom is -0.495 e. The molecule has 31 heavy (non-hydrogen) atoms. The molecule has 0 aliphatic rings. The molecule has 0 aliphatic heterocycles. The Hall–Kier alpha value is -3.57. The molecule has 0 atom stereocenters. The van der Waals surface area contributed by atoms with Gasteiger partial charge in [-0.05, 0) is 37.3 Å². The molecule has 162 valence electrons. The van der Waals surface area contributed by atoms with Crippen LogP contribution in [0.1, 0.15) is 26.6 Å². The van der Waals surface area contributed by atoms with Gasteiger partial charge in [-0.3, -0.25) is 25.2 Å². The number of ether oxygens (including phenoxy) is 1. The molecule has 2 amide bonds. The number of rotatable bonds is 6. The van der Waals surface area contributed by atoms with E-state index in [4.69, 9.17) is 20.9 Å². The fourth-order valence-corrected chi connectivity index (χ4v) is 4.10. The number of carbonyl (C=O) groups excluding carboxylic acids is 2. The molecule has 10 nitrogen and oxygen atoms in total. The lowest BCUT2D eigenvalue weighted by molar-refractivity contribution is 0.0841. The average Bonchev–Trinajstić information content (AvgIpc) is 3.18. The van der Waals surface area contributed by atoms with Gasteiger partial charge in [0.2, 0.25) is 0 Å². The van der Waals surface area contributed by atoms with Crippen molar-refractivity contribution in [2.24, 2.45) is 0 Å². The SMILES string of the molecule is COc1ccccc1NS(=O)(=O)c1cc(C(=O)NNC(=O)c2cc(C)on2)ccc1Cl. The molecule has 3 aromatic rings. The highest BCUT2D eigenvalue weighted by atomic mass is 35.5. The summed E-state index contributed by atoms with van der Waals surface area (Å²) in [6.45, 7) is 1.61. The van der Waals surface area contributed by atoms with Crippen LogP contribution in [0, 0.1) is 6.92 Å². The van der Waals surface area contributed by atoms with E-state index in [9.17, 15) is 18.0 Å². The van der Waals surface area contributed by atoms with Crippen LogP contribution in [0.3, 0.4) is 0 Å². The van der Waals surface area contributed by atoms with E-state index in [1.807, 2.05) is 0 Å². The Morgan fingerprint density at radius 1 is 1.06 bits per heavy atom. The lowest BCUT2D eigenvalue weighted by atomic mass is 10.2. The van der Waals surface area contributed by atoms with Gasteiger partial charge in [0.25, 0.3) is 21.8 Å². The zero-order valence-electron chi connectivity index (χ0n) is 16.3. The second kappa shape index (κ2) is 9.06. The maximum absolute atomic E-state index is 12.8. The number of carbonyl (C=O) groups is 2. The first-order valence-corrected chi connectivity index (χ1v) is 10.6. The summed E-state index contributed by atoms with van der Waals surface area (Å²) in [5.74, 6) is -0.739. The van der Waals surface area contributed by atoms with E-state index in [1.54, 1.807) is 25.1 Å². The summed E-state index contributed by atoms with van der Waals surface area (Å²) in [6, 6.07) is 11.5. The summed E-state index contributed by atoms with van der Waals surface area (Å²) in [6.07, 6.45) is 0. The monoisotopic (exact) mass is 464 g/mol. The first-order valence-electron chi connectivity index (χ1n) is 8.70. The fourth-order valence-electron chi connectivity index (χ4n) is 2.50. The number of hydrogen-bond donors (Lipinski definition) is 3. The van der Waals surface area contributed by atoms with Gasteiger partial charge < -0.3 is 9.26 Å². The Bertz CT molecular complexity index is 1240. The third-order valence-electron chi connectivity index (χ3n) is 3.98. The Morgan fingerprint density at radius 3 is 2.45 bits per heavy atom. The van der Waals surface area contributed by atoms with Crippen molar-refractivity contribution < 1.29 is 27.3 Å². The molecule has 1 aromatic heterocycles. The second-order valence-corrected chi connectivity index (χ2v) is 8.24. The normalized spacial score (nSPS) is 10.9. The van der Waals surface area contributed by atoms with E-state index in [-0.39, 0.29) is 26.9 Å². The number of aromatic nitrogens is 1. The summed E-state index contributed by atoms with van der Waals surface area (Å²) < 4.78 is 38.0. The number of methoxy groups -OCH3 is 1. The predicted molar refractivity (Wildman–Crippen MR) is 111 cm³/mol. The Morgan fingerprint density at radius 2 is 1.77 bits per heavy atom. The number of hydrazine groups is 1. The van der Waals surface area contributed by atoms with Crippen LogP contribution in [0.5, 0.6) is 5.75 Å². The minimum atomic E-state index is -4.16. The van der Waals surface area contributed by atoms with Crippen molar-refractivity contribution in [1.82, 2.24) is 16.0 Å². The number of para-hydroxylation sites is 2. The predicted octanol–water partition coefficient (Wildman–Crippen LogP) is 2.52. The number of anilines is 1. The van der Waals surface area contributed by atoms with E-state index in [0.29, 0.717) is 11.5 Å². The lowest BCUT2D eigenvalue weighted by Crippen LogP contribution is -2.41. The van der Waals surface area contributed by atoms with E-state index in [2.05, 4.69) is 20.7 Å². The van der Waals surface area contributed by atoms with Crippen LogP contribution in [-0.4, -0.2) is 32.5 Å². The first kappa shape index (κ1) is 22.1. The molecule has 0 unspecified atom stereocenters. The molecule has 1 heterocycles. The van der Waals surface area contributed by atoms with Gasteiger partial charge in [-0.25, -0.2) is 8.42 Å². The molecule has 3 rings (SSSR count). The van der Waals surface area contributed by atoms with Crippen LogP contribution < -0.4 is 20.3 Å². The van der Waals surface area contributed by atoms with Crippen LogP contribution >= 0.6 is 11.6 Å². The van der Waals surface area contributed by atoms with E-state index in [1.165, 1.54) is 31.4 Å². The molecular weight excluding hydrogens is 448 g/mol. The third-order valence-corrected chi connectivity index (χ3v) is 5.83. The van der Waals surface area contributed by atoms with E-state index >= 15 is 0 Å². The van der Waals surface area contributed by atoms with Gasteiger partial charge in [0.1, 0.15) is 16.4 Å². The van der Waals surface area contributed by atoms with Crippen molar-refractivity contribution in [3.05, 3.63) is 70.6 Å². The summed E-state index contributed by atoms with van der Waals surface area (Å²) in [5, 5.41) is 3.43. The van der Waals surface area contributed by atoms with Crippen molar-refractivity contribution in [2.75, 3.05) is 11.8 Å². The minimum absolute atomic E-state index is 0.0295. The fraction of sp³-hybridized carbons (Fsp3) is 0.105. The number of hydrogen-bond acceptors (Lipinski definition) is 7. The summed E-state index contributed by atoms with van der Waals surface area (Å²) in [7, 11) is -2.75. The number of benzene rings is 2. The summed E-state index contributed by atoms with van der Waals surface area (Å²) in [5.41, 5.74) is 4.45. The number of aryl methyl sites for hydroxylation is 1. The standard InChI is InChI=1S/C19H17ClN4O6S/c1-11-9-15(23-30-11)19(26)22-21-18(25)12-7-8-13(20)17(10-12)31(27,28)24-14-5-3-4-6-16(14)29-2/h3-10,24H,1-2H3,(H,21,25)(H,22,26). The molecule has 0 radical (unpaired) electrons. The molecule has 2 aromatic carbocycles. The zero-order valence-corrected chi connectivity index (χ0v) is 17.9. The van der Waals surface area contributed by atoms with Gasteiger partial charge in [0.05, 0.1) is 17.8 Å². The van der Waals surface area contributed by atoms with Crippen LogP contribution in [-0.2, 0) is 10.0 Å².